The number of carbonyl (C=O) groups is 3. The van der Waals surface area contributed by atoms with Crippen molar-refractivity contribution in [2.75, 3.05) is 0 Å². The molecule has 0 aromatic carbocycles. The molecule has 1 aliphatic heterocycles. The number of pyridine rings is 1. The van der Waals surface area contributed by atoms with Crippen molar-refractivity contribution in [2.45, 2.75) is 69.2 Å². The van der Waals surface area contributed by atoms with Gasteiger partial charge in [-0.3, -0.25) is 20.2 Å². The van der Waals surface area contributed by atoms with E-state index in [2.05, 4.69) is 10.3 Å². The highest BCUT2D eigenvalue weighted by Gasteiger charge is 2.45. The molecule has 1 unspecified atom stereocenters. The average Bonchev–Trinajstić information content (AvgIpc) is 3.47. The molecule has 2 aliphatic carbocycles. The highest BCUT2D eigenvalue weighted by atomic mass is 16.5. The Balaban J connectivity index is 1.37. The highest BCUT2D eigenvalue weighted by molar-refractivity contribution is 6.04. The fourth-order valence-electron chi connectivity index (χ4n) is 4.20. The molecule has 1 aromatic rings. The molecule has 1 saturated heterocycles. The zero-order valence-electron chi connectivity index (χ0n) is 16.3. The first-order chi connectivity index (χ1) is 13.9. The molecule has 3 aliphatic rings. The molecule has 5 N–H and O–H groups in total. The summed E-state index contributed by atoms with van der Waals surface area (Å²) >= 11 is 0. The van der Waals surface area contributed by atoms with Gasteiger partial charge in [0.05, 0.1) is 0 Å². The van der Waals surface area contributed by atoms with E-state index >= 15 is 0 Å². The number of rotatable bonds is 7. The number of hydrogen-bond donors (Lipinski definition) is 3. The second-order valence-corrected chi connectivity index (χ2v) is 8.35. The largest absolute Gasteiger partial charge is 0.456 e. The van der Waals surface area contributed by atoms with E-state index in [0.717, 1.165) is 12.3 Å². The number of urea groups is 1. The standard InChI is InChI=1S/C20H27N5O4/c21-16(26)14-2-1-11-23-17(14)29-20(22)9-7-13(8-10-20)25-18(27)15(24-19(25)28)6-5-12-3-4-12/h1-2,11-13,15H,3-10,22H2,(H2,21,26)(H,24,28). The van der Waals surface area contributed by atoms with E-state index in [1.807, 2.05) is 0 Å². The van der Waals surface area contributed by atoms with Crippen LogP contribution in [0.2, 0.25) is 0 Å². The van der Waals surface area contributed by atoms with Crippen LogP contribution in [0.5, 0.6) is 5.88 Å². The number of hydrogen-bond acceptors (Lipinski definition) is 6. The van der Waals surface area contributed by atoms with Crippen LogP contribution in [-0.4, -0.2) is 45.5 Å². The third-order valence-corrected chi connectivity index (χ3v) is 6.12. The van der Waals surface area contributed by atoms with Gasteiger partial charge in [0, 0.05) is 25.1 Å². The van der Waals surface area contributed by atoms with Crippen LogP contribution >= 0.6 is 0 Å². The fourth-order valence-corrected chi connectivity index (χ4v) is 4.20. The van der Waals surface area contributed by atoms with E-state index in [1.54, 1.807) is 6.07 Å². The number of nitrogens with zero attached hydrogens (tertiary/aromatic N) is 2. The van der Waals surface area contributed by atoms with Crippen molar-refractivity contribution in [1.82, 2.24) is 15.2 Å². The van der Waals surface area contributed by atoms with Crippen LogP contribution in [0.1, 0.15) is 61.7 Å². The van der Waals surface area contributed by atoms with Gasteiger partial charge in [-0.2, -0.15) is 0 Å². The SMILES string of the molecule is NC(=O)c1cccnc1OC1(N)CCC(N2C(=O)NC(CCC3CC3)C2=O)CC1. The van der Waals surface area contributed by atoms with Crippen LogP contribution in [0.15, 0.2) is 18.3 Å². The second kappa shape index (κ2) is 7.62. The number of amides is 4. The number of imide groups is 1. The summed E-state index contributed by atoms with van der Waals surface area (Å²) in [5.41, 5.74) is 10.9. The average molecular weight is 401 g/mol. The molecular weight excluding hydrogens is 374 g/mol. The van der Waals surface area contributed by atoms with Gasteiger partial charge >= 0.3 is 6.03 Å². The molecule has 9 heteroatoms. The predicted molar refractivity (Wildman–Crippen MR) is 104 cm³/mol. The lowest BCUT2D eigenvalue weighted by atomic mass is 9.87. The molecule has 0 bridgehead atoms. The van der Waals surface area contributed by atoms with Gasteiger partial charge in [0.1, 0.15) is 11.6 Å². The van der Waals surface area contributed by atoms with Gasteiger partial charge in [0.25, 0.3) is 11.8 Å². The first kappa shape index (κ1) is 19.6. The Bertz CT molecular complexity index is 817. The van der Waals surface area contributed by atoms with Crippen LogP contribution in [0, 0.1) is 5.92 Å². The zero-order valence-corrected chi connectivity index (χ0v) is 16.3. The fraction of sp³-hybridized carbons (Fsp3) is 0.600. The predicted octanol–water partition coefficient (Wildman–Crippen LogP) is 1.27. The summed E-state index contributed by atoms with van der Waals surface area (Å²) < 4.78 is 5.85. The summed E-state index contributed by atoms with van der Waals surface area (Å²) in [6, 6.07) is 2.22. The maximum Gasteiger partial charge on any atom is 0.325 e. The molecule has 9 nitrogen and oxygen atoms in total. The Kier molecular flexibility index (Phi) is 5.16. The Morgan fingerprint density at radius 2 is 1.97 bits per heavy atom. The lowest BCUT2D eigenvalue weighted by Gasteiger charge is -2.39. The smallest absolute Gasteiger partial charge is 0.325 e. The first-order valence-electron chi connectivity index (χ1n) is 10.2. The molecule has 2 saturated carbocycles. The monoisotopic (exact) mass is 401 g/mol. The van der Waals surface area contributed by atoms with E-state index in [0.29, 0.717) is 32.1 Å². The van der Waals surface area contributed by atoms with Crippen LogP contribution in [0.4, 0.5) is 4.79 Å². The van der Waals surface area contributed by atoms with Crippen molar-refractivity contribution in [3.05, 3.63) is 23.9 Å². The molecule has 0 spiro atoms. The Hall–Kier alpha value is -2.68. The Morgan fingerprint density at radius 3 is 2.62 bits per heavy atom. The summed E-state index contributed by atoms with van der Waals surface area (Å²) in [5.74, 6) is 0.0557. The summed E-state index contributed by atoms with van der Waals surface area (Å²) in [6.45, 7) is 0. The van der Waals surface area contributed by atoms with Gasteiger partial charge in [-0.05, 0) is 43.7 Å². The van der Waals surface area contributed by atoms with Crippen molar-refractivity contribution < 1.29 is 19.1 Å². The summed E-state index contributed by atoms with van der Waals surface area (Å²) in [6.07, 6.45) is 7.58. The molecule has 4 amide bonds. The zero-order chi connectivity index (χ0) is 20.6. The van der Waals surface area contributed by atoms with E-state index in [1.165, 1.54) is 30.0 Å². The summed E-state index contributed by atoms with van der Waals surface area (Å²) in [5, 5.41) is 2.83. The second-order valence-electron chi connectivity index (χ2n) is 8.35. The number of nitrogens with two attached hydrogens (primary N) is 2. The van der Waals surface area contributed by atoms with E-state index in [-0.39, 0.29) is 29.4 Å². The lowest BCUT2D eigenvalue weighted by molar-refractivity contribution is -0.130. The molecule has 156 valence electrons. The molecule has 1 aromatic heterocycles. The van der Waals surface area contributed by atoms with Crippen molar-refractivity contribution in [2.24, 2.45) is 17.4 Å². The molecule has 2 heterocycles. The first-order valence-corrected chi connectivity index (χ1v) is 10.2. The normalized spacial score (nSPS) is 29.6. The van der Waals surface area contributed by atoms with Crippen LogP contribution in [-0.2, 0) is 4.79 Å². The number of carbonyl (C=O) groups excluding carboxylic acids is 3. The molecule has 29 heavy (non-hydrogen) atoms. The van der Waals surface area contributed by atoms with Gasteiger partial charge in [-0.1, -0.05) is 12.8 Å². The Morgan fingerprint density at radius 1 is 1.24 bits per heavy atom. The number of nitrogens with one attached hydrogen (secondary N) is 1. The summed E-state index contributed by atoms with van der Waals surface area (Å²) in [4.78, 5) is 42.1. The number of primary amides is 1. The highest BCUT2D eigenvalue weighted by Crippen LogP contribution is 2.36. The van der Waals surface area contributed by atoms with Crippen LogP contribution in [0.25, 0.3) is 0 Å². The summed E-state index contributed by atoms with van der Waals surface area (Å²) in [7, 11) is 0. The maximum absolute atomic E-state index is 12.7. The van der Waals surface area contributed by atoms with E-state index in [4.69, 9.17) is 16.2 Å². The van der Waals surface area contributed by atoms with Crippen molar-refractivity contribution in [3.8, 4) is 5.88 Å². The van der Waals surface area contributed by atoms with E-state index < -0.39 is 17.7 Å². The minimum Gasteiger partial charge on any atom is -0.456 e. The van der Waals surface area contributed by atoms with Crippen molar-refractivity contribution >= 4 is 17.8 Å². The minimum absolute atomic E-state index is 0.107. The van der Waals surface area contributed by atoms with Gasteiger partial charge in [0.2, 0.25) is 5.88 Å². The number of ether oxygens (including phenoxy) is 1. The van der Waals surface area contributed by atoms with Gasteiger partial charge in [-0.25, -0.2) is 9.78 Å². The quantitative estimate of drug-likeness (QED) is 0.464. The van der Waals surface area contributed by atoms with Crippen LogP contribution in [0.3, 0.4) is 0 Å². The lowest BCUT2D eigenvalue weighted by Crippen LogP contribution is -2.53. The van der Waals surface area contributed by atoms with Gasteiger partial charge < -0.3 is 15.8 Å². The third-order valence-electron chi connectivity index (χ3n) is 6.12. The van der Waals surface area contributed by atoms with Crippen molar-refractivity contribution in [1.29, 1.82) is 0 Å². The van der Waals surface area contributed by atoms with Crippen LogP contribution < -0.4 is 21.5 Å². The van der Waals surface area contributed by atoms with E-state index in [9.17, 15) is 14.4 Å². The molecule has 4 rings (SSSR count). The van der Waals surface area contributed by atoms with Gasteiger partial charge in [0.15, 0.2) is 5.72 Å². The molecular formula is C20H27N5O4. The Labute approximate surface area is 169 Å². The topological polar surface area (TPSA) is 141 Å². The molecule has 3 fully saturated rings. The molecule has 0 radical (unpaired) electrons. The minimum atomic E-state index is -1.03. The van der Waals surface area contributed by atoms with Gasteiger partial charge in [-0.15, -0.1) is 0 Å². The number of aromatic nitrogens is 1. The molecule has 1 atom stereocenters. The third kappa shape index (κ3) is 4.19. The maximum atomic E-state index is 12.7. The van der Waals surface area contributed by atoms with Crippen molar-refractivity contribution in [3.63, 3.8) is 0 Å².